The Morgan fingerprint density at radius 3 is 2.60 bits per heavy atom. The summed E-state index contributed by atoms with van der Waals surface area (Å²) >= 11 is 2.88. The molecule has 4 nitrogen and oxygen atoms in total. The minimum absolute atomic E-state index is 0.113. The highest BCUT2D eigenvalue weighted by Gasteiger charge is 2.37. The standard InChI is InChI=1S/C12H14BrF2NO3S/c1-12(17)3-2-4-16(7-12)20(18,19)11-9(13)5-8(14)6-10(11)15/h5-6,17H,2-4,7H2,1H3. The van der Waals surface area contributed by atoms with Gasteiger partial charge < -0.3 is 5.11 Å². The lowest BCUT2D eigenvalue weighted by Gasteiger charge is -2.36. The largest absolute Gasteiger partial charge is 0.389 e. The highest BCUT2D eigenvalue weighted by atomic mass is 79.9. The van der Waals surface area contributed by atoms with E-state index in [1.165, 1.54) is 6.92 Å². The summed E-state index contributed by atoms with van der Waals surface area (Å²) in [6.45, 7) is 1.62. The zero-order valence-corrected chi connectivity index (χ0v) is 13.1. The van der Waals surface area contributed by atoms with Crippen molar-refractivity contribution in [2.24, 2.45) is 0 Å². The van der Waals surface area contributed by atoms with Gasteiger partial charge in [0.25, 0.3) is 0 Å². The van der Waals surface area contributed by atoms with Crippen molar-refractivity contribution in [1.29, 1.82) is 0 Å². The fourth-order valence-corrected chi connectivity index (χ4v) is 4.99. The number of benzene rings is 1. The molecule has 0 bridgehead atoms. The van der Waals surface area contributed by atoms with Crippen LogP contribution in [0, 0.1) is 11.6 Å². The van der Waals surface area contributed by atoms with Gasteiger partial charge in [-0.2, -0.15) is 4.31 Å². The van der Waals surface area contributed by atoms with E-state index in [4.69, 9.17) is 0 Å². The summed E-state index contributed by atoms with van der Waals surface area (Å²) in [5.74, 6) is -2.01. The molecule has 0 aromatic heterocycles. The molecular formula is C12H14BrF2NO3S. The molecule has 0 amide bonds. The van der Waals surface area contributed by atoms with Crippen LogP contribution in [0.5, 0.6) is 0 Å². The second-order valence-electron chi connectivity index (χ2n) is 5.14. The maximum absolute atomic E-state index is 13.8. The third-order valence-electron chi connectivity index (χ3n) is 3.20. The van der Waals surface area contributed by atoms with Gasteiger partial charge in [-0.15, -0.1) is 0 Å². The SMILES string of the molecule is CC1(O)CCCN(S(=O)(=O)c2c(F)cc(F)cc2Br)C1. The fourth-order valence-electron chi connectivity index (χ4n) is 2.28. The number of sulfonamides is 1. The third-order valence-corrected chi connectivity index (χ3v) is 6.01. The Hall–Kier alpha value is -0.570. The zero-order chi connectivity index (χ0) is 15.1. The number of nitrogens with zero attached hydrogens (tertiary/aromatic N) is 1. The van der Waals surface area contributed by atoms with Gasteiger partial charge in [-0.25, -0.2) is 17.2 Å². The van der Waals surface area contributed by atoms with Crippen LogP contribution < -0.4 is 0 Å². The van der Waals surface area contributed by atoms with E-state index < -0.39 is 32.2 Å². The second kappa shape index (κ2) is 5.32. The van der Waals surface area contributed by atoms with Gasteiger partial charge in [0.05, 0.1) is 5.60 Å². The zero-order valence-electron chi connectivity index (χ0n) is 10.7. The van der Waals surface area contributed by atoms with E-state index in [1.54, 1.807) is 0 Å². The quantitative estimate of drug-likeness (QED) is 0.869. The molecule has 1 aliphatic rings. The lowest BCUT2D eigenvalue weighted by atomic mass is 9.97. The Balaban J connectivity index is 2.46. The van der Waals surface area contributed by atoms with Crippen molar-refractivity contribution in [2.75, 3.05) is 13.1 Å². The van der Waals surface area contributed by atoms with E-state index >= 15 is 0 Å². The maximum Gasteiger partial charge on any atom is 0.247 e. The van der Waals surface area contributed by atoms with Crippen molar-refractivity contribution in [3.8, 4) is 0 Å². The number of β-amino-alcohol motifs (C(OH)–C–C–N with tert-alkyl or cyclic N) is 1. The van der Waals surface area contributed by atoms with Crippen LogP contribution in [0.25, 0.3) is 0 Å². The van der Waals surface area contributed by atoms with Gasteiger partial charge in [0, 0.05) is 23.6 Å². The van der Waals surface area contributed by atoms with Gasteiger partial charge in [0.15, 0.2) is 0 Å². The molecule has 0 radical (unpaired) electrons. The Morgan fingerprint density at radius 1 is 1.40 bits per heavy atom. The topological polar surface area (TPSA) is 57.6 Å². The number of aliphatic hydroxyl groups is 1. The highest BCUT2D eigenvalue weighted by molar-refractivity contribution is 9.10. The molecule has 1 unspecified atom stereocenters. The van der Waals surface area contributed by atoms with Crippen LogP contribution in [0.3, 0.4) is 0 Å². The first-order valence-electron chi connectivity index (χ1n) is 6.00. The predicted molar refractivity (Wildman–Crippen MR) is 72.7 cm³/mol. The van der Waals surface area contributed by atoms with Gasteiger partial charge in [-0.05, 0) is 41.8 Å². The van der Waals surface area contributed by atoms with Gasteiger partial charge in [0.2, 0.25) is 10.0 Å². The lowest BCUT2D eigenvalue weighted by Crippen LogP contribution is -2.48. The number of hydrogen-bond donors (Lipinski definition) is 1. The molecule has 1 atom stereocenters. The van der Waals surface area contributed by atoms with Crippen LogP contribution in [0.15, 0.2) is 21.5 Å². The lowest BCUT2D eigenvalue weighted by molar-refractivity contribution is 0.00933. The summed E-state index contributed by atoms with van der Waals surface area (Å²) in [5.41, 5.74) is -1.14. The Kier molecular flexibility index (Phi) is 4.21. The van der Waals surface area contributed by atoms with E-state index in [0.29, 0.717) is 18.9 Å². The summed E-state index contributed by atoms with van der Waals surface area (Å²) in [6, 6.07) is 1.43. The van der Waals surface area contributed by atoms with Crippen LogP contribution in [0.1, 0.15) is 19.8 Å². The number of hydrogen-bond acceptors (Lipinski definition) is 3. The van der Waals surface area contributed by atoms with Crippen LogP contribution in [-0.4, -0.2) is 36.5 Å². The molecule has 1 saturated heterocycles. The van der Waals surface area contributed by atoms with Crippen molar-refractivity contribution in [1.82, 2.24) is 4.31 Å². The van der Waals surface area contributed by atoms with Crippen LogP contribution >= 0.6 is 15.9 Å². The minimum atomic E-state index is -4.13. The van der Waals surface area contributed by atoms with Crippen LogP contribution in [0.2, 0.25) is 0 Å². The van der Waals surface area contributed by atoms with Crippen molar-refractivity contribution in [2.45, 2.75) is 30.3 Å². The summed E-state index contributed by atoms with van der Waals surface area (Å²) in [7, 11) is -4.13. The fraction of sp³-hybridized carbons (Fsp3) is 0.500. The van der Waals surface area contributed by atoms with Gasteiger partial charge >= 0.3 is 0 Å². The Labute approximate surface area is 124 Å². The molecule has 0 saturated carbocycles. The number of piperidine rings is 1. The van der Waals surface area contributed by atoms with E-state index in [-0.39, 0.29) is 17.6 Å². The average Bonchev–Trinajstić information content (AvgIpc) is 2.25. The first-order chi connectivity index (χ1) is 9.13. The normalized spacial score (nSPS) is 24.9. The maximum atomic E-state index is 13.8. The number of rotatable bonds is 2. The molecule has 1 heterocycles. The second-order valence-corrected chi connectivity index (χ2v) is 7.87. The van der Waals surface area contributed by atoms with Crippen LogP contribution in [-0.2, 0) is 10.0 Å². The molecular weight excluding hydrogens is 356 g/mol. The Bertz CT molecular complexity index is 611. The summed E-state index contributed by atoms with van der Waals surface area (Å²) in [5, 5.41) is 9.97. The van der Waals surface area contributed by atoms with E-state index in [9.17, 15) is 22.3 Å². The highest BCUT2D eigenvalue weighted by Crippen LogP contribution is 2.32. The molecule has 20 heavy (non-hydrogen) atoms. The first-order valence-corrected chi connectivity index (χ1v) is 8.24. The predicted octanol–water partition coefficient (Wildman–Crippen LogP) is 2.26. The Morgan fingerprint density at radius 2 is 2.05 bits per heavy atom. The molecule has 112 valence electrons. The molecule has 1 fully saturated rings. The van der Waals surface area contributed by atoms with Crippen molar-refractivity contribution in [3.05, 3.63) is 28.2 Å². The van der Waals surface area contributed by atoms with Crippen molar-refractivity contribution in [3.63, 3.8) is 0 Å². The van der Waals surface area contributed by atoms with Crippen molar-refractivity contribution >= 4 is 26.0 Å². The number of halogens is 3. The summed E-state index contributed by atoms with van der Waals surface area (Å²) in [6.07, 6.45) is 0.957. The van der Waals surface area contributed by atoms with E-state index in [2.05, 4.69) is 15.9 Å². The molecule has 1 aromatic rings. The van der Waals surface area contributed by atoms with Gasteiger partial charge in [-0.1, -0.05) is 0 Å². The van der Waals surface area contributed by atoms with E-state index in [1.807, 2.05) is 0 Å². The van der Waals surface area contributed by atoms with Crippen molar-refractivity contribution < 1.29 is 22.3 Å². The molecule has 0 spiro atoms. The summed E-state index contributed by atoms with van der Waals surface area (Å²) in [4.78, 5) is -0.600. The molecule has 1 aliphatic heterocycles. The molecule has 8 heteroatoms. The third kappa shape index (κ3) is 3.03. The smallest absolute Gasteiger partial charge is 0.247 e. The van der Waals surface area contributed by atoms with Gasteiger partial charge in [-0.3, -0.25) is 0 Å². The first kappa shape index (κ1) is 15.8. The van der Waals surface area contributed by atoms with Gasteiger partial charge in [0.1, 0.15) is 16.5 Å². The average molecular weight is 370 g/mol. The monoisotopic (exact) mass is 369 g/mol. The molecule has 1 N–H and O–H groups in total. The summed E-state index contributed by atoms with van der Waals surface area (Å²) < 4.78 is 52.6. The van der Waals surface area contributed by atoms with E-state index in [0.717, 1.165) is 10.4 Å². The molecule has 1 aromatic carbocycles. The minimum Gasteiger partial charge on any atom is -0.389 e. The molecule has 2 rings (SSSR count). The molecule has 0 aliphatic carbocycles. The van der Waals surface area contributed by atoms with Crippen LogP contribution in [0.4, 0.5) is 8.78 Å².